The molecule has 0 aliphatic carbocycles. The zero-order valence-corrected chi connectivity index (χ0v) is 18.1. The van der Waals surface area contributed by atoms with Gasteiger partial charge in [0.1, 0.15) is 5.75 Å². The van der Waals surface area contributed by atoms with Gasteiger partial charge >= 0.3 is 5.97 Å². The second-order valence-corrected chi connectivity index (χ2v) is 7.58. The van der Waals surface area contributed by atoms with Crippen LogP contribution in [-0.2, 0) is 11.3 Å². The van der Waals surface area contributed by atoms with E-state index < -0.39 is 12.1 Å². The maximum absolute atomic E-state index is 11.7. The summed E-state index contributed by atoms with van der Waals surface area (Å²) in [5.74, 6) is 0.353. The number of nitrogens with zero attached hydrogens (tertiary/aromatic N) is 3. The number of carbonyl (C=O) groups is 1. The summed E-state index contributed by atoms with van der Waals surface area (Å²) in [6.45, 7) is 2.90. The Morgan fingerprint density at radius 3 is 2.62 bits per heavy atom. The first-order valence-corrected chi connectivity index (χ1v) is 10.8. The van der Waals surface area contributed by atoms with Crippen molar-refractivity contribution in [3.63, 3.8) is 0 Å². The number of fused-ring (bicyclic) bond motifs is 1. The summed E-state index contributed by atoms with van der Waals surface area (Å²) < 4.78 is 14.8. The van der Waals surface area contributed by atoms with Crippen LogP contribution in [-0.4, -0.2) is 44.5 Å². The molecule has 4 rings (SSSR count). The van der Waals surface area contributed by atoms with Crippen molar-refractivity contribution in [2.45, 2.75) is 32.4 Å². The Labute approximate surface area is 186 Å². The molecule has 0 unspecified atom stereocenters. The highest BCUT2D eigenvalue weighted by Crippen LogP contribution is 2.29. The number of rotatable bonds is 10. The molecule has 0 amide bonds. The summed E-state index contributed by atoms with van der Waals surface area (Å²) in [6.07, 6.45) is 7.81. The molecule has 1 atom stereocenters. The summed E-state index contributed by atoms with van der Waals surface area (Å²) in [7, 11) is 0. The highest BCUT2D eigenvalue weighted by Gasteiger charge is 2.13. The van der Waals surface area contributed by atoms with E-state index in [0.29, 0.717) is 32.6 Å². The van der Waals surface area contributed by atoms with Crippen molar-refractivity contribution in [2.75, 3.05) is 13.2 Å². The molecule has 0 bridgehead atoms. The van der Waals surface area contributed by atoms with E-state index in [1.165, 1.54) is 6.33 Å². The molecule has 7 heteroatoms. The van der Waals surface area contributed by atoms with Crippen molar-refractivity contribution in [3.05, 3.63) is 79.1 Å². The summed E-state index contributed by atoms with van der Waals surface area (Å²) in [5, 5.41) is 12.6. The lowest BCUT2D eigenvalue weighted by Crippen LogP contribution is -2.16. The quantitative estimate of drug-likeness (QED) is 0.299. The van der Waals surface area contributed by atoms with Gasteiger partial charge in [0.15, 0.2) is 5.69 Å². The van der Waals surface area contributed by atoms with Crippen LogP contribution >= 0.6 is 0 Å². The number of aromatic nitrogens is 3. The molecular weight excluding hydrogens is 406 g/mol. The summed E-state index contributed by atoms with van der Waals surface area (Å²) >= 11 is 0. The van der Waals surface area contributed by atoms with Gasteiger partial charge < -0.3 is 23.7 Å². The highest BCUT2D eigenvalue weighted by molar-refractivity contribution is 5.87. The Kier molecular flexibility index (Phi) is 6.87. The molecule has 2 aromatic carbocycles. The zero-order valence-electron chi connectivity index (χ0n) is 18.1. The first-order chi connectivity index (χ1) is 15.6. The number of benzene rings is 2. The molecule has 2 aromatic heterocycles. The summed E-state index contributed by atoms with van der Waals surface area (Å²) in [5.41, 5.74) is 1.23. The van der Waals surface area contributed by atoms with Crippen molar-refractivity contribution in [3.8, 4) is 11.4 Å². The minimum Gasteiger partial charge on any atom is -0.491 e. The fourth-order valence-electron chi connectivity index (χ4n) is 3.63. The lowest BCUT2D eigenvalue weighted by molar-refractivity contribution is 0.0519. The van der Waals surface area contributed by atoms with Crippen molar-refractivity contribution in [2.24, 2.45) is 0 Å². The van der Waals surface area contributed by atoms with E-state index in [2.05, 4.69) is 29.2 Å². The topological polar surface area (TPSA) is 78.5 Å². The number of imidazole rings is 1. The zero-order chi connectivity index (χ0) is 22.3. The van der Waals surface area contributed by atoms with Crippen LogP contribution < -0.4 is 4.74 Å². The van der Waals surface area contributed by atoms with Crippen molar-refractivity contribution < 1.29 is 19.4 Å². The monoisotopic (exact) mass is 433 g/mol. The molecule has 0 aliphatic heterocycles. The predicted octanol–water partition coefficient (Wildman–Crippen LogP) is 4.22. The number of esters is 1. The van der Waals surface area contributed by atoms with E-state index in [1.807, 2.05) is 41.2 Å². The van der Waals surface area contributed by atoms with Crippen LogP contribution in [0.2, 0.25) is 0 Å². The largest absolute Gasteiger partial charge is 0.491 e. The molecule has 0 saturated carbocycles. The Bertz CT molecular complexity index is 1170. The lowest BCUT2D eigenvalue weighted by atomic mass is 10.1. The average molecular weight is 434 g/mol. The minimum atomic E-state index is -0.566. The van der Waals surface area contributed by atoms with Crippen LogP contribution in [0, 0.1) is 0 Å². The van der Waals surface area contributed by atoms with Gasteiger partial charge in [-0.3, -0.25) is 0 Å². The number of carbonyl (C=O) groups excluding carboxylic acids is 1. The fraction of sp³-hybridized carbons (Fsp3) is 0.280. The van der Waals surface area contributed by atoms with Gasteiger partial charge in [0, 0.05) is 25.1 Å². The second kappa shape index (κ2) is 10.2. The minimum absolute atomic E-state index is 0.247. The van der Waals surface area contributed by atoms with Gasteiger partial charge in [0.2, 0.25) is 0 Å². The smallest absolute Gasteiger partial charge is 0.358 e. The van der Waals surface area contributed by atoms with E-state index in [0.717, 1.165) is 22.2 Å². The van der Waals surface area contributed by atoms with E-state index >= 15 is 0 Å². The number of hydrogen-bond acceptors (Lipinski definition) is 5. The predicted molar refractivity (Wildman–Crippen MR) is 122 cm³/mol. The Balaban J connectivity index is 1.33. The number of hydrogen-bond donors (Lipinski definition) is 1. The van der Waals surface area contributed by atoms with Gasteiger partial charge in [-0.05, 0) is 54.8 Å². The van der Waals surface area contributed by atoms with Crippen molar-refractivity contribution >= 4 is 16.7 Å². The Morgan fingerprint density at radius 2 is 1.88 bits per heavy atom. The molecule has 32 heavy (non-hydrogen) atoms. The second-order valence-electron chi connectivity index (χ2n) is 7.58. The first kappa shape index (κ1) is 21.6. The average Bonchev–Trinajstić information content (AvgIpc) is 3.49. The van der Waals surface area contributed by atoms with Crippen LogP contribution in [0.5, 0.6) is 5.75 Å². The van der Waals surface area contributed by atoms with E-state index in [4.69, 9.17) is 9.47 Å². The standard InChI is InChI=1S/C25H27N3O4/c1-2-31-25(30)22-17-27(18-26-22)16-21(29)10-7-13-32-24-15-20-9-4-3-8-19(20)14-23(24)28-11-5-6-12-28/h3-6,8-9,11-12,14-15,17-18,21,29H,2,7,10,13,16H2,1H3/t21-/m0/s1. The molecule has 1 N–H and O–H groups in total. The fourth-order valence-corrected chi connectivity index (χ4v) is 3.63. The van der Waals surface area contributed by atoms with Crippen LogP contribution in [0.3, 0.4) is 0 Å². The van der Waals surface area contributed by atoms with E-state index in [9.17, 15) is 9.90 Å². The van der Waals surface area contributed by atoms with Crippen LogP contribution in [0.25, 0.3) is 16.5 Å². The third-order valence-electron chi connectivity index (χ3n) is 5.19. The first-order valence-electron chi connectivity index (χ1n) is 10.8. The maximum Gasteiger partial charge on any atom is 0.358 e. The Hall–Kier alpha value is -3.58. The maximum atomic E-state index is 11.7. The third-order valence-corrected chi connectivity index (χ3v) is 5.19. The van der Waals surface area contributed by atoms with Gasteiger partial charge in [0.25, 0.3) is 0 Å². The van der Waals surface area contributed by atoms with Gasteiger partial charge in [-0.15, -0.1) is 0 Å². The molecule has 2 heterocycles. The van der Waals surface area contributed by atoms with Crippen molar-refractivity contribution in [1.29, 1.82) is 0 Å². The Morgan fingerprint density at radius 1 is 1.12 bits per heavy atom. The molecule has 4 aromatic rings. The molecule has 7 nitrogen and oxygen atoms in total. The van der Waals surface area contributed by atoms with Gasteiger partial charge in [-0.25, -0.2) is 9.78 Å². The summed E-state index contributed by atoms with van der Waals surface area (Å²) in [6, 6.07) is 16.4. The number of aliphatic hydroxyl groups excluding tert-OH is 1. The molecule has 0 aliphatic rings. The molecule has 0 radical (unpaired) electrons. The van der Waals surface area contributed by atoms with Gasteiger partial charge in [-0.2, -0.15) is 0 Å². The third kappa shape index (κ3) is 5.18. The van der Waals surface area contributed by atoms with E-state index in [-0.39, 0.29) is 5.69 Å². The normalized spacial score (nSPS) is 12.1. The molecule has 0 spiro atoms. The van der Waals surface area contributed by atoms with E-state index in [1.54, 1.807) is 17.7 Å². The van der Waals surface area contributed by atoms with Crippen LogP contribution in [0.15, 0.2) is 73.4 Å². The van der Waals surface area contributed by atoms with Gasteiger partial charge in [0.05, 0.1) is 31.3 Å². The van der Waals surface area contributed by atoms with Crippen LogP contribution in [0.4, 0.5) is 0 Å². The molecule has 0 fully saturated rings. The molecular formula is C25H27N3O4. The number of aliphatic hydroxyl groups is 1. The number of ether oxygens (including phenoxy) is 2. The SMILES string of the molecule is CCOC(=O)c1cn(C[C@@H](O)CCCOc2cc3ccccc3cc2-n2cccc2)cn1. The lowest BCUT2D eigenvalue weighted by Gasteiger charge is -2.15. The molecule has 0 saturated heterocycles. The summed E-state index contributed by atoms with van der Waals surface area (Å²) in [4.78, 5) is 15.7. The van der Waals surface area contributed by atoms with Crippen LogP contribution in [0.1, 0.15) is 30.3 Å². The highest BCUT2D eigenvalue weighted by atomic mass is 16.5. The van der Waals surface area contributed by atoms with Crippen molar-refractivity contribution in [1.82, 2.24) is 14.1 Å². The van der Waals surface area contributed by atoms with Gasteiger partial charge in [-0.1, -0.05) is 24.3 Å². The molecule has 166 valence electrons.